The predicted octanol–water partition coefficient (Wildman–Crippen LogP) is 2.46. The highest BCUT2D eigenvalue weighted by Gasteiger charge is 2.31. The van der Waals surface area contributed by atoms with Crippen molar-refractivity contribution in [2.45, 2.75) is 12.5 Å². The van der Waals surface area contributed by atoms with Crippen molar-refractivity contribution in [2.75, 3.05) is 27.0 Å². The van der Waals surface area contributed by atoms with E-state index in [0.29, 0.717) is 54.1 Å². The van der Waals surface area contributed by atoms with E-state index in [1.54, 1.807) is 42.3 Å². The molecule has 2 aliphatic rings. The molecule has 0 aliphatic carbocycles. The van der Waals surface area contributed by atoms with Crippen LogP contribution >= 0.6 is 11.8 Å². The summed E-state index contributed by atoms with van der Waals surface area (Å²) in [5.41, 5.74) is 1.42. The number of thioether (sulfide) groups is 1. The molecule has 0 spiro atoms. The Morgan fingerprint density at radius 3 is 2.60 bits per heavy atom. The lowest BCUT2D eigenvalue weighted by molar-refractivity contribution is -0.112. The van der Waals surface area contributed by atoms with Crippen molar-refractivity contribution in [1.82, 2.24) is 10.2 Å². The Morgan fingerprint density at radius 1 is 1.13 bits per heavy atom. The molecule has 156 valence electrons. The predicted molar refractivity (Wildman–Crippen MR) is 110 cm³/mol. The third kappa shape index (κ3) is 4.35. The summed E-state index contributed by atoms with van der Waals surface area (Å²) >= 11 is 0.711. The second-order valence-electron chi connectivity index (χ2n) is 6.81. The van der Waals surface area contributed by atoms with Gasteiger partial charge in [-0.1, -0.05) is 12.1 Å². The average Bonchev–Trinajstić information content (AvgIpc) is 3.07. The Kier molecular flexibility index (Phi) is 5.80. The fourth-order valence-electron chi connectivity index (χ4n) is 3.23. The van der Waals surface area contributed by atoms with E-state index in [9.17, 15) is 14.4 Å². The Morgan fingerprint density at radius 2 is 1.90 bits per heavy atom. The second kappa shape index (κ2) is 8.66. The molecule has 1 unspecified atom stereocenters. The average molecular weight is 428 g/mol. The van der Waals surface area contributed by atoms with E-state index in [4.69, 9.17) is 14.2 Å². The number of fused-ring (bicyclic) bond motifs is 1. The van der Waals surface area contributed by atoms with Gasteiger partial charge in [-0.2, -0.15) is 0 Å². The van der Waals surface area contributed by atoms with Crippen LogP contribution in [0.5, 0.6) is 17.2 Å². The third-order valence-electron chi connectivity index (χ3n) is 4.85. The molecule has 9 heteroatoms. The van der Waals surface area contributed by atoms with Crippen LogP contribution in [0.15, 0.2) is 42.5 Å². The highest BCUT2D eigenvalue weighted by molar-refractivity contribution is 8.26. The Balaban J connectivity index is 1.27. The number of ether oxygens (including phenoxy) is 3. The van der Waals surface area contributed by atoms with Gasteiger partial charge in [-0.15, -0.1) is 0 Å². The summed E-state index contributed by atoms with van der Waals surface area (Å²) < 4.78 is 16.5. The van der Waals surface area contributed by atoms with Crippen LogP contribution in [-0.2, 0) is 11.2 Å². The summed E-state index contributed by atoms with van der Waals surface area (Å²) in [4.78, 5) is 37.1. The standard InChI is InChI=1S/C21H20N2O6S/c1-27-15-6-7-16-18(11-15)29-12-23(19(16)24)8-9-28-14-4-2-13(3-5-14)10-17-20(25)30-21(26)22-17/h2-7,11,17H,8-10,12H2,1H3,(H,22,26). The number of hydrogen-bond acceptors (Lipinski definition) is 7. The fraction of sp³-hybridized carbons (Fsp3) is 0.286. The zero-order valence-electron chi connectivity index (χ0n) is 16.3. The summed E-state index contributed by atoms with van der Waals surface area (Å²) in [5, 5.41) is 2.18. The number of nitrogens with zero attached hydrogens (tertiary/aromatic N) is 1. The molecular formula is C21H20N2O6S. The minimum Gasteiger partial charge on any atom is -0.497 e. The number of carbonyl (C=O) groups is 3. The van der Waals surface area contributed by atoms with Crippen LogP contribution in [-0.4, -0.2) is 54.2 Å². The maximum atomic E-state index is 12.6. The maximum Gasteiger partial charge on any atom is 0.287 e. The van der Waals surface area contributed by atoms with Crippen LogP contribution in [0.25, 0.3) is 0 Å². The molecule has 1 saturated heterocycles. The van der Waals surface area contributed by atoms with E-state index in [1.165, 1.54) is 0 Å². The van der Waals surface area contributed by atoms with Crippen LogP contribution in [0.1, 0.15) is 15.9 Å². The first-order valence-electron chi connectivity index (χ1n) is 9.37. The molecule has 1 N–H and O–H groups in total. The number of carbonyl (C=O) groups excluding carboxylic acids is 3. The van der Waals surface area contributed by atoms with Crippen molar-refractivity contribution >= 4 is 28.0 Å². The molecule has 2 amide bonds. The fourth-order valence-corrected chi connectivity index (χ4v) is 3.90. The topological polar surface area (TPSA) is 94.2 Å². The molecule has 2 aromatic carbocycles. The number of benzene rings is 2. The minimum absolute atomic E-state index is 0.112. The van der Waals surface area contributed by atoms with Gasteiger partial charge in [0.05, 0.1) is 19.2 Å². The highest BCUT2D eigenvalue weighted by Crippen LogP contribution is 2.29. The molecule has 0 aromatic heterocycles. The van der Waals surface area contributed by atoms with Gasteiger partial charge in [0, 0.05) is 24.2 Å². The van der Waals surface area contributed by atoms with Gasteiger partial charge in [-0.3, -0.25) is 14.4 Å². The molecule has 2 aromatic rings. The number of nitrogens with one attached hydrogen (secondary N) is 1. The molecule has 2 heterocycles. The molecule has 1 atom stereocenters. The molecule has 0 bridgehead atoms. The lowest BCUT2D eigenvalue weighted by Crippen LogP contribution is -2.41. The van der Waals surface area contributed by atoms with Gasteiger partial charge in [0.1, 0.15) is 29.9 Å². The van der Waals surface area contributed by atoms with Gasteiger partial charge in [0.25, 0.3) is 11.1 Å². The Labute approximate surface area is 177 Å². The largest absolute Gasteiger partial charge is 0.497 e. The summed E-state index contributed by atoms with van der Waals surface area (Å²) in [7, 11) is 1.56. The van der Waals surface area contributed by atoms with Gasteiger partial charge in [0.15, 0.2) is 6.73 Å². The van der Waals surface area contributed by atoms with E-state index in [0.717, 1.165) is 5.56 Å². The molecule has 30 heavy (non-hydrogen) atoms. The normalized spacial score (nSPS) is 18.0. The molecule has 1 fully saturated rings. The smallest absolute Gasteiger partial charge is 0.287 e. The highest BCUT2D eigenvalue weighted by atomic mass is 32.2. The number of methoxy groups -OCH3 is 1. The van der Waals surface area contributed by atoms with Gasteiger partial charge in [0.2, 0.25) is 5.12 Å². The van der Waals surface area contributed by atoms with E-state index in [2.05, 4.69) is 5.32 Å². The molecule has 4 rings (SSSR count). The summed E-state index contributed by atoms with van der Waals surface area (Å²) in [6.45, 7) is 0.847. The van der Waals surface area contributed by atoms with E-state index < -0.39 is 6.04 Å². The molecule has 2 aliphatic heterocycles. The summed E-state index contributed by atoms with van der Waals surface area (Å²) in [6.07, 6.45) is 0.446. The summed E-state index contributed by atoms with van der Waals surface area (Å²) in [5.74, 6) is 1.70. The van der Waals surface area contributed by atoms with Gasteiger partial charge in [-0.25, -0.2) is 0 Å². The SMILES string of the molecule is COc1ccc2c(c1)OCN(CCOc1ccc(CC3NC(=O)SC3=O)cc1)C2=O. The molecule has 0 radical (unpaired) electrons. The van der Waals surface area contributed by atoms with Crippen molar-refractivity contribution < 1.29 is 28.6 Å². The zero-order chi connectivity index (χ0) is 21.1. The van der Waals surface area contributed by atoms with E-state index in [-0.39, 0.29) is 23.0 Å². The quantitative estimate of drug-likeness (QED) is 0.724. The van der Waals surface area contributed by atoms with Crippen molar-refractivity contribution in [3.63, 3.8) is 0 Å². The van der Waals surface area contributed by atoms with Crippen LogP contribution in [0.4, 0.5) is 4.79 Å². The molecule has 0 saturated carbocycles. The van der Waals surface area contributed by atoms with Crippen molar-refractivity contribution in [3.05, 3.63) is 53.6 Å². The number of amides is 2. The number of rotatable bonds is 7. The number of hydrogen-bond donors (Lipinski definition) is 1. The van der Waals surface area contributed by atoms with Gasteiger partial charge < -0.3 is 24.4 Å². The van der Waals surface area contributed by atoms with Crippen molar-refractivity contribution in [2.24, 2.45) is 0 Å². The van der Waals surface area contributed by atoms with E-state index in [1.807, 2.05) is 12.1 Å². The van der Waals surface area contributed by atoms with Crippen molar-refractivity contribution in [1.29, 1.82) is 0 Å². The van der Waals surface area contributed by atoms with Crippen LogP contribution in [0.3, 0.4) is 0 Å². The van der Waals surface area contributed by atoms with Crippen molar-refractivity contribution in [3.8, 4) is 17.2 Å². The van der Waals surface area contributed by atoms with Gasteiger partial charge >= 0.3 is 0 Å². The zero-order valence-corrected chi connectivity index (χ0v) is 17.1. The van der Waals surface area contributed by atoms with Crippen LogP contribution in [0, 0.1) is 0 Å². The summed E-state index contributed by atoms with van der Waals surface area (Å²) in [6, 6.07) is 12.0. The first-order valence-corrected chi connectivity index (χ1v) is 10.2. The maximum absolute atomic E-state index is 12.6. The van der Waals surface area contributed by atoms with E-state index >= 15 is 0 Å². The third-order valence-corrected chi connectivity index (χ3v) is 5.63. The molecule has 8 nitrogen and oxygen atoms in total. The monoisotopic (exact) mass is 428 g/mol. The van der Waals surface area contributed by atoms with Crippen LogP contribution in [0.2, 0.25) is 0 Å². The van der Waals surface area contributed by atoms with Crippen LogP contribution < -0.4 is 19.5 Å². The Bertz CT molecular complexity index is 978. The lowest BCUT2D eigenvalue weighted by atomic mass is 10.1. The van der Waals surface area contributed by atoms with Gasteiger partial charge in [-0.05, 0) is 29.8 Å². The minimum atomic E-state index is -0.484. The lowest BCUT2D eigenvalue weighted by Gasteiger charge is -2.28. The molecular weight excluding hydrogens is 408 g/mol. The second-order valence-corrected chi connectivity index (χ2v) is 7.78. The first-order chi connectivity index (χ1) is 14.5. The first kappa shape index (κ1) is 20.1. The Hall–Kier alpha value is -3.20.